The molecule has 0 fully saturated rings. The van der Waals surface area contributed by atoms with Gasteiger partial charge in [-0.1, -0.05) is 41.9 Å². The Bertz CT molecular complexity index is 1100. The van der Waals surface area contributed by atoms with Gasteiger partial charge < -0.3 is 14.4 Å². The minimum absolute atomic E-state index is 0.225. The average molecular weight is 394 g/mol. The highest BCUT2D eigenvalue weighted by atomic mass is 35.5. The summed E-state index contributed by atoms with van der Waals surface area (Å²) in [5.74, 6) is 0.699. The zero-order valence-electron chi connectivity index (χ0n) is 15.6. The van der Waals surface area contributed by atoms with Crippen LogP contribution in [0.4, 0.5) is 0 Å². The highest BCUT2D eigenvalue weighted by Crippen LogP contribution is 2.34. The lowest BCUT2D eigenvalue weighted by molar-refractivity contribution is 0.0285. The van der Waals surface area contributed by atoms with Gasteiger partial charge in [-0.15, -0.1) is 0 Å². The van der Waals surface area contributed by atoms with Gasteiger partial charge >= 0.3 is 0 Å². The summed E-state index contributed by atoms with van der Waals surface area (Å²) in [6, 6.07) is 17.7. The molecule has 0 bridgehead atoms. The molecule has 4 aromatic rings. The summed E-state index contributed by atoms with van der Waals surface area (Å²) >= 11 is 6.41. The highest BCUT2D eigenvalue weighted by molar-refractivity contribution is 6.34. The van der Waals surface area contributed by atoms with Crippen molar-refractivity contribution in [1.29, 1.82) is 0 Å². The number of nitrogens with zero attached hydrogens (tertiary/aromatic N) is 3. The number of aromatic nitrogens is 3. The first-order valence-electron chi connectivity index (χ1n) is 8.95. The topological polar surface area (TPSA) is 60.2 Å². The monoisotopic (exact) mass is 393 g/mol. The number of hydrogen-bond acceptors (Lipinski definition) is 4. The Morgan fingerprint density at radius 2 is 1.75 bits per heavy atom. The number of rotatable bonds is 5. The smallest absolute Gasteiger partial charge is 0.157 e. The van der Waals surface area contributed by atoms with Crippen molar-refractivity contribution < 1.29 is 9.84 Å². The Kier molecular flexibility index (Phi) is 4.79. The first-order valence-corrected chi connectivity index (χ1v) is 9.33. The largest absolute Gasteiger partial charge is 0.491 e. The van der Waals surface area contributed by atoms with E-state index in [1.807, 2.05) is 65.4 Å². The van der Waals surface area contributed by atoms with Gasteiger partial charge in [0.25, 0.3) is 0 Å². The van der Waals surface area contributed by atoms with Gasteiger partial charge in [-0.2, -0.15) is 0 Å². The summed E-state index contributed by atoms with van der Waals surface area (Å²) < 4.78 is 7.65. The standard InChI is InChI=1S/C22H20ClN3O2/c1-22(2,27)13-28-17-10-8-15(9-11-17)18-12-26(16-6-4-3-5-7-16)20-19(18)24-14-25-21(20)23/h3-12,14,27H,13H2,1-2H3. The Balaban J connectivity index is 1.76. The van der Waals surface area contributed by atoms with E-state index in [-0.39, 0.29) is 6.61 Å². The van der Waals surface area contributed by atoms with Crippen LogP contribution in [0.1, 0.15) is 13.8 Å². The van der Waals surface area contributed by atoms with Crippen LogP contribution < -0.4 is 4.74 Å². The van der Waals surface area contributed by atoms with Crippen LogP contribution in [0.5, 0.6) is 5.75 Å². The Morgan fingerprint density at radius 1 is 1.04 bits per heavy atom. The van der Waals surface area contributed by atoms with E-state index in [0.717, 1.165) is 27.8 Å². The van der Waals surface area contributed by atoms with Gasteiger partial charge in [0, 0.05) is 17.4 Å². The van der Waals surface area contributed by atoms with Gasteiger partial charge in [-0.3, -0.25) is 0 Å². The maximum atomic E-state index is 9.81. The fraction of sp³-hybridized carbons (Fsp3) is 0.182. The third-order valence-corrected chi connectivity index (χ3v) is 4.60. The summed E-state index contributed by atoms with van der Waals surface area (Å²) in [7, 11) is 0. The SMILES string of the molecule is CC(C)(O)COc1ccc(-c2cn(-c3ccccc3)c3c(Cl)ncnc23)cc1. The second-order valence-electron chi connectivity index (χ2n) is 7.24. The molecule has 1 N–H and O–H groups in total. The van der Waals surface area contributed by atoms with E-state index in [9.17, 15) is 5.11 Å². The quantitative estimate of drug-likeness (QED) is 0.490. The molecule has 2 aromatic carbocycles. The third-order valence-electron chi connectivity index (χ3n) is 4.32. The lowest BCUT2D eigenvalue weighted by atomic mass is 10.1. The lowest BCUT2D eigenvalue weighted by Gasteiger charge is -2.17. The predicted octanol–water partition coefficient (Wildman–Crippen LogP) is 4.89. The van der Waals surface area contributed by atoms with Crippen LogP contribution in [0.15, 0.2) is 67.1 Å². The molecule has 0 atom stereocenters. The first-order chi connectivity index (χ1) is 13.4. The second-order valence-corrected chi connectivity index (χ2v) is 7.59. The van der Waals surface area contributed by atoms with Crippen LogP contribution in [0.2, 0.25) is 5.15 Å². The van der Waals surface area contributed by atoms with E-state index in [4.69, 9.17) is 16.3 Å². The van der Waals surface area contributed by atoms with Crippen molar-refractivity contribution in [3.05, 3.63) is 72.3 Å². The fourth-order valence-electron chi connectivity index (χ4n) is 3.02. The summed E-state index contributed by atoms with van der Waals surface area (Å²) in [5.41, 5.74) is 3.61. The second kappa shape index (κ2) is 7.26. The number of aliphatic hydroxyl groups is 1. The number of fused-ring (bicyclic) bond motifs is 1. The normalized spacial score (nSPS) is 11.7. The van der Waals surface area contributed by atoms with Gasteiger partial charge in [0.15, 0.2) is 5.15 Å². The number of para-hydroxylation sites is 1. The van der Waals surface area contributed by atoms with Crippen molar-refractivity contribution in [3.8, 4) is 22.6 Å². The molecular formula is C22H20ClN3O2. The maximum Gasteiger partial charge on any atom is 0.157 e. The summed E-state index contributed by atoms with van der Waals surface area (Å²) in [6.45, 7) is 3.65. The van der Waals surface area contributed by atoms with Crippen LogP contribution in [0.25, 0.3) is 27.8 Å². The van der Waals surface area contributed by atoms with E-state index < -0.39 is 5.60 Å². The molecule has 5 nitrogen and oxygen atoms in total. The van der Waals surface area contributed by atoms with Crippen LogP contribution in [0.3, 0.4) is 0 Å². The fourth-order valence-corrected chi connectivity index (χ4v) is 3.24. The number of halogens is 1. The van der Waals surface area contributed by atoms with E-state index in [2.05, 4.69) is 9.97 Å². The highest BCUT2D eigenvalue weighted by Gasteiger charge is 2.17. The molecule has 0 aliphatic heterocycles. The molecule has 0 radical (unpaired) electrons. The van der Waals surface area contributed by atoms with Crippen molar-refractivity contribution in [3.63, 3.8) is 0 Å². The van der Waals surface area contributed by atoms with Gasteiger partial charge in [-0.25, -0.2) is 9.97 Å². The predicted molar refractivity (Wildman–Crippen MR) is 111 cm³/mol. The molecular weight excluding hydrogens is 374 g/mol. The zero-order chi connectivity index (χ0) is 19.7. The number of hydrogen-bond donors (Lipinski definition) is 1. The van der Waals surface area contributed by atoms with Crippen LogP contribution in [-0.2, 0) is 0 Å². The van der Waals surface area contributed by atoms with Crippen LogP contribution >= 0.6 is 11.6 Å². The third kappa shape index (κ3) is 3.72. The van der Waals surface area contributed by atoms with E-state index in [1.165, 1.54) is 6.33 Å². The Morgan fingerprint density at radius 3 is 2.43 bits per heavy atom. The molecule has 0 unspecified atom stereocenters. The van der Waals surface area contributed by atoms with Gasteiger partial charge in [0.1, 0.15) is 29.7 Å². The molecule has 0 amide bonds. The molecule has 142 valence electrons. The molecule has 0 aliphatic carbocycles. The minimum atomic E-state index is -0.880. The summed E-state index contributed by atoms with van der Waals surface area (Å²) in [5, 5.41) is 10.2. The van der Waals surface area contributed by atoms with Gasteiger partial charge in [-0.05, 0) is 43.7 Å². The summed E-state index contributed by atoms with van der Waals surface area (Å²) in [6.07, 6.45) is 3.50. The molecule has 4 rings (SSSR count). The molecule has 2 aromatic heterocycles. The number of benzene rings is 2. The van der Waals surface area contributed by atoms with Crippen molar-refractivity contribution in [2.75, 3.05) is 6.61 Å². The first kappa shape index (κ1) is 18.5. The van der Waals surface area contributed by atoms with E-state index in [0.29, 0.717) is 10.9 Å². The molecule has 28 heavy (non-hydrogen) atoms. The molecule has 0 saturated carbocycles. The van der Waals surface area contributed by atoms with Crippen LogP contribution in [-0.4, -0.2) is 31.8 Å². The van der Waals surface area contributed by atoms with Crippen molar-refractivity contribution in [1.82, 2.24) is 14.5 Å². The van der Waals surface area contributed by atoms with Gasteiger partial charge in [0.2, 0.25) is 0 Å². The lowest BCUT2D eigenvalue weighted by Crippen LogP contribution is -2.27. The Hall–Kier alpha value is -2.89. The van der Waals surface area contributed by atoms with E-state index in [1.54, 1.807) is 13.8 Å². The average Bonchev–Trinajstić information content (AvgIpc) is 3.08. The van der Waals surface area contributed by atoms with E-state index >= 15 is 0 Å². The molecule has 0 aliphatic rings. The maximum absolute atomic E-state index is 9.81. The Labute approximate surface area is 168 Å². The molecule has 0 saturated heterocycles. The number of ether oxygens (including phenoxy) is 1. The van der Waals surface area contributed by atoms with Crippen molar-refractivity contribution in [2.24, 2.45) is 0 Å². The van der Waals surface area contributed by atoms with Crippen molar-refractivity contribution >= 4 is 22.6 Å². The molecule has 0 spiro atoms. The molecule has 6 heteroatoms. The summed E-state index contributed by atoms with van der Waals surface area (Å²) in [4.78, 5) is 8.63. The molecule has 2 heterocycles. The zero-order valence-corrected chi connectivity index (χ0v) is 16.4. The minimum Gasteiger partial charge on any atom is -0.491 e. The van der Waals surface area contributed by atoms with Gasteiger partial charge in [0.05, 0.1) is 5.60 Å². The van der Waals surface area contributed by atoms with Crippen molar-refractivity contribution in [2.45, 2.75) is 19.4 Å². The van der Waals surface area contributed by atoms with Crippen LogP contribution in [0, 0.1) is 0 Å².